The lowest BCUT2D eigenvalue weighted by Crippen LogP contribution is -2.52. The number of nitrogens with two attached hydrogens (primary N) is 1. The maximum Gasteiger partial charge on any atom is 0.244 e. The van der Waals surface area contributed by atoms with Gasteiger partial charge >= 0.3 is 0 Å². The molecule has 3 unspecified atom stereocenters. The number of carbonyl (C=O) groups excluding carboxylic acids is 1. The summed E-state index contributed by atoms with van der Waals surface area (Å²) in [7, 11) is 0. The number of benzene rings is 1. The number of likely N-dealkylation sites (tertiary alicyclic amines) is 1. The van der Waals surface area contributed by atoms with Crippen molar-refractivity contribution in [2.24, 2.45) is 5.73 Å². The van der Waals surface area contributed by atoms with Gasteiger partial charge in [-0.1, -0.05) is 28.1 Å². The molecule has 0 bridgehead atoms. The lowest BCUT2D eigenvalue weighted by molar-refractivity contribution is -0.126. The average Bonchev–Trinajstić information content (AvgIpc) is 3.24. The van der Waals surface area contributed by atoms with E-state index in [4.69, 9.17) is 5.73 Å². The molecule has 0 radical (unpaired) electrons. The molecule has 3 atom stereocenters. The van der Waals surface area contributed by atoms with Gasteiger partial charge in [-0.25, -0.2) is 0 Å². The standard InChI is InChI=1S/C17H24BrN3O.2ClH/c1-11-9-14(10-21(11)15-7-8-15)20-16(22)17(2,19)12-3-5-13(18)6-4-12;;/h3-6,11,14-15H,7-10,19H2,1-2H3,(H,20,22);2*1H. The van der Waals surface area contributed by atoms with Crippen molar-refractivity contribution in [2.45, 2.75) is 56.8 Å². The summed E-state index contributed by atoms with van der Waals surface area (Å²) in [5.41, 5.74) is 6.14. The smallest absolute Gasteiger partial charge is 0.244 e. The molecule has 0 aromatic heterocycles. The Bertz CT molecular complexity index is 563. The van der Waals surface area contributed by atoms with Gasteiger partial charge in [-0.15, -0.1) is 24.8 Å². The molecule has 1 saturated heterocycles. The lowest BCUT2D eigenvalue weighted by Gasteiger charge is -2.26. The minimum absolute atomic E-state index is 0. The molecule has 24 heavy (non-hydrogen) atoms. The highest BCUT2D eigenvalue weighted by molar-refractivity contribution is 9.10. The van der Waals surface area contributed by atoms with Gasteiger partial charge in [-0.05, 0) is 50.8 Å². The molecule has 0 spiro atoms. The molecule has 3 rings (SSSR count). The van der Waals surface area contributed by atoms with E-state index >= 15 is 0 Å². The number of amides is 1. The Morgan fingerprint density at radius 1 is 1.29 bits per heavy atom. The Hall–Kier alpha value is -0.330. The molecule has 7 heteroatoms. The Morgan fingerprint density at radius 2 is 1.88 bits per heavy atom. The maximum atomic E-state index is 12.6. The number of rotatable bonds is 4. The second-order valence-corrected chi connectivity index (χ2v) is 7.81. The van der Waals surface area contributed by atoms with Crippen LogP contribution in [0, 0.1) is 0 Å². The van der Waals surface area contributed by atoms with Gasteiger partial charge in [-0.2, -0.15) is 0 Å². The fourth-order valence-corrected chi connectivity index (χ4v) is 3.60. The van der Waals surface area contributed by atoms with E-state index in [0.717, 1.165) is 29.0 Å². The zero-order valence-electron chi connectivity index (χ0n) is 14.0. The topological polar surface area (TPSA) is 58.4 Å². The van der Waals surface area contributed by atoms with Gasteiger partial charge < -0.3 is 11.1 Å². The number of hydrogen-bond donors (Lipinski definition) is 2. The summed E-state index contributed by atoms with van der Waals surface area (Å²) in [5, 5.41) is 3.16. The van der Waals surface area contributed by atoms with E-state index in [0.29, 0.717) is 6.04 Å². The zero-order chi connectivity index (χ0) is 15.9. The number of carbonyl (C=O) groups is 1. The molecule has 2 aliphatic rings. The molecule has 1 saturated carbocycles. The molecule has 1 aliphatic heterocycles. The predicted octanol–water partition coefficient (Wildman–Crippen LogP) is 3.21. The van der Waals surface area contributed by atoms with E-state index in [-0.39, 0.29) is 36.8 Å². The van der Waals surface area contributed by atoms with Crippen LogP contribution >= 0.6 is 40.7 Å². The summed E-state index contributed by atoms with van der Waals surface area (Å²) in [5.74, 6) is -0.0929. The van der Waals surface area contributed by atoms with Crippen molar-refractivity contribution < 1.29 is 4.79 Å². The van der Waals surface area contributed by atoms with Crippen LogP contribution in [0.25, 0.3) is 0 Å². The molecular formula is C17H26BrCl2N3O. The van der Waals surface area contributed by atoms with Crippen LogP contribution in [-0.2, 0) is 10.3 Å². The van der Waals surface area contributed by atoms with Crippen molar-refractivity contribution in [3.8, 4) is 0 Å². The lowest BCUT2D eigenvalue weighted by atomic mass is 9.92. The highest BCUT2D eigenvalue weighted by atomic mass is 79.9. The van der Waals surface area contributed by atoms with Gasteiger partial charge in [-0.3, -0.25) is 9.69 Å². The van der Waals surface area contributed by atoms with Gasteiger partial charge in [0.2, 0.25) is 5.91 Å². The van der Waals surface area contributed by atoms with Crippen LogP contribution in [0.3, 0.4) is 0 Å². The Balaban J connectivity index is 0.00000144. The van der Waals surface area contributed by atoms with Crippen molar-refractivity contribution >= 4 is 46.7 Å². The quantitative estimate of drug-likeness (QED) is 0.758. The van der Waals surface area contributed by atoms with Crippen LogP contribution < -0.4 is 11.1 Å². The Labute approximate surface area is 164 Å². The molecule has 1 aliphatic carbocycles. The van der Waals surface area contributed by atoms with E-state index in [9.17, 15) is 4.79 Å². The van der Waals surface area contributed by atoms with Crippen molar-refractivity contribution in [3.63, 3.8) is 0 Å². The van der Waals surface area contributed by atoms with Crippen molar-refractivity contribution in [1.29, 1.82) is 0 Å². The summed E-state index contributed by atoms with van der Waals surface area (Å²) < 4.78 is 0.983. The predicted molar refractivity (Wildman–Crippen MR) is 106 cm³/mol. The van der Waals surface area contributed by atoms with E-state index in [1.165, 1.54) is 12.8 Å². The number of nitrogens with one attached hydrogen (secondary N) is 1. The summed E-state index contributed by atoms with van der Waals surface area (Å²) in [6, 6.07) is 9.14. The van der Waals surface area contributed by atoms with Crippen LogP contribution in [-0.4, -0.2) is 35.5 Å². The summed E-state index contributed by atoms with van der Waals surface area (Å²) in [4.78, 5) is 15.2. The molecule has 136 valence electrons. The number of nitrogens with zero attached hydrogens (tertiary/aromatic N) is 1. The van der Waals surface area contributed by atoms with Crippen LogP contribution in [0.1, 0.15) is 38.7 Å². The monoisotopic (exact) mass is 437 g/mol. The average molecular weight is 439 g/mol. The van der Waals surface area contributed by atoms with E-state index in [1.54, 1.807) is 6.92 Å². The zero-order valence-corrected chi connectivity index (χ0v) is 17.2. The Kier molecular flexibility index (Phi) is 7.57. The second kappa shape index (κ2) is 8.37. The first kappa shape index (κ1) is 21.7. The van der Waals surface area contributed by atoms with Crippen LogP contribution in [0.15, 0.2) is 28.7 Å². The third-order valence-electron chi connectivity index (χ3n) is 4.89. The maximum absolute atomic E-state index is 12.6. The second-order valence-electron chi connectivity index (χ2n) is 6.89. The van der Waals surface area contributed by atoms with Crippen LogP contribution in [0.5, 0.6) is 0 Å². The van der Waals surface area contributed by atoms with E-state index in [1.807, 2.05) is 24.3 Å². The minimum atomic E-state index is -1.00. The number of hydrogen-bond acceptors (Lipinski definition) is 3. The highest BCUT2D eigenvalue weighted by Gasteiger charge is 2.40. The van der Waals surface area contributed by atoms with Crippen molar-refractivity contribution in [1.82, 2.24) is 10.2 Å². The molecule has 1 aromatic carbocycles. The van der Waals surface area contributed by atoms with Gasteiger partial charge in [0.15, 0.2) is 0 Å². The van der Waals surface area contributed by atoms with E-state index < -0.39 is 5.54 Å². The molecule has 1 amide bonds. The summed E-state index contributed by atoms with van der Waals surface area (Å²) in [6.07, 6.45) is 3.62. The number of halogens is 3. The first-order valence-electron chi connectivity index (χ1n) is 7.99. The van der Waals surface area contributed by atoms with E-state index in [2.05, 4.69) is 33.1 Å². The van der Waals surface area contributed by atoms with Crippen LogP contribution in [0.2, 0.25) is 0 Å². The third-order valence-corrected chi connectivity index (χ3v) is 5.42. The fraction of sp³-hybridized carbons (Fsp3) is 0.588. The Morgan fingerprint density at radius 3 is 2.42 bits per heavy atom. The van der Waals surface area contributed by atoms with Gasteiger partial charge in [0.05, 0.1) is 0 Å². The van der Waals surface area contributed by atoms with Crippen molar-refractivity contribution in [2.75, 3.05) is 6.54 Å². The van der Waals surface area contributed by atoms with Crippen LogP contribution in [0.4, 0.5) is 0 Å². The molecule has 1 heterocycles. The molecule has 2 fully saturated rings. The highest BCUT2D eigenvalue weighted by Crippen LogP contribution is 2.33. The SMILES string of the molecule is CC1CC(NC(=O)C(C)(N)c2ccc(Br)cc2)CN1C1CC1.Cl.Cl. The largest absolute Gasteiger partial charge is 0.350 e. The minimum Gasteiger partial charge on any atom is -0.350 e. The summed E-state index contributed by atoms with van der Waals surface area (Å²) in [6.45, 7) is 4.98. The molecule has 3 N–H and O–H groups in total. The fourth-order valence-electron chi connectivity index (χ4n) is 3.34. The van der Waals surface area contributed by atoms with Gasteiger partial charge in [0, 0.05) is 29.1 Å². The molecule has 1 aromatic rings. The first-order chi connectivity index (χ1) is 10.4. The first-order valence-corrected chi connectivity index (χ1v) is 8.79. The normalized spacial score (nSPS) is 26.0. The molecular weight excluding hydrogens is 413 g/mol. The summed E-state index contributed by atoms with van der Waals surface area (Å²) >= 11 is 3.41. The van der Waals surface area contributed by atoms with Gasteiger partial charge in [0.1, 0.15) is 5.54 Å². The van der Waals surface area contributed by atoms with Crippen molar-refractivity contribution in [3.05, 3.63) is 34.3 Å². The molecule has 4 nitrogen and oxygen atoms in total. The third kappa shape index (κ3) is 4.64. The van der Waals surface area contributed by atoms with Gasteiger partial charge in [0.25, 0.3) is 0 Å².